The summed E-state index contributed by atoms with van der Waals surface area (Å²) < 4.78 is 0. The van der Waals surface area contributed by atoms with Gasteiger partial charge in [0.05, 0.1) is 0 Å². The Hall–Kier alpha value is -2.09. The van der Waals surface area contributed by atoms with Crippen LogP contribution in [0.2, 0.25) is 0 Å². The largest absolute Gasteiger partial charge is 0.396 e. The zero-order valence-electron chi connectivity index (χ0n) is 9.62. The van der Waals surface area contributed by atoms with Crippen LogP contribution in [0, 0.1) is 0 Å². The summed E-state index contributed by atoms with van der Waals surface area (Å²) >= 11 is 0. The monoisotopic (exact) mass is 225 g/mol. The SMILES string of the molecule is C1=NOCC1.c1ccc(-c2ccccc2)cc1. The number of hydrogen-bond acceptors (Lipinski definition) is 2. The first kappa shape index (κ1) is 11.4. The predicted octanol–water partition coefficient (Wildman–Crippen LogP) is 3.75. The van der Waals surface area contributed by atoms with Crippen molar-refractivity contribution in [3.63, 3.8) is 0 Å². The van der Waals surface area contributed by atoms with Crippen molar-refractivity contribution < 1.29 is 4.84 Å². The maximum atomic E-state index is 4.51. The van der Waals surface area contributed by atoms with Gasteiger partial charge in [-0.05, 0) is 11.1 Å². The van der Waals surface area contributed by atoms with Gasteiger partial charge in [-0.3, -0.25) is 0 Å². The molecule has 3 rings (SSSR count). The lowest BCUT2D eigenvalue weighted by atomic mass is 10.1. The van der Waals surface area contributed by atoms with Gasteiger partial charge in [0.15, 0.2) is 0 Å². The number of rotatable bonds is 1. The van der Waals surface area contributed by atoms with E-state index in [2.05, 4.69) is 58.5 Å². The zero-order valence-corrected chi connectivity index (χ0v) is 9.62. The topological polar surface area (TPSA) is 21.6 Å². The van der Waals surface area contributed by atoms with Crippen LogP contribution >= 0.6 is 0 Å². The third-order valence-corrected chi connectivity index (χ3v) is 2.37. The van der Waals surface area contributed by atoms with E-state index < -0.39 is 0 Å². The summed E-state index contributed by atoms with van der Waals surface area (Å²) in [6.45, 7) is 0.778. The van der Waals surface area contributed by atoms with Gasteiger partial charge >= 0.3 is 0 Å². The molecule has 2 aromatic carbocycles. The van der Waals surface area contributed by atoms with Crippen LogP contribution in [0.5, 0.6) is 0 Å². The molecule has 0 radical (unpaired) electrons. The molecule has 0 aliphatic carbocycles. The lowest BCUT2D eigenvalue weighted by Crippen LogP contribution is -1.73. The fourth-order valence-corrected chi connectivity index (χ4v) is 1.52. The molecule has 0 aromatic heterocycles. The standard InChI is InChI=1S/C12H10.C3H5NO/c1-3-7-11(8-4-1)12-9-5-2-6-10-12;1-2-4-5-3-1/h1-10H;2H,1,3H2. The van der Waals surface area contributed by atoms with Gasteiger partial charge in [0.25, 0.3) is 0 Å². The smallest absolute Gasteiger partial charge is 0.122 e. The Balaban J connectivity index is 0.000000181. The first-order valence-electron chi connectivity index (χ1n) is 5.71. The molecule has 0 fully saturated rings. The minimum absolute atomic E-state index is 0.778. The summed E-state index contributed by atoms with van der Waals surface area (Å²) in [5.74, 6) is 0. The maximum absolute atomic E-state index is 4.51. The van der Waals surface area contributed by atoms with Gasteiger partial charge in [-0.25, -0.2) is 0 Å². The Morgan fingerprint density at radius 3 is 1.59 bits per heavy atom. The van der Waals surface area contributed by atoms with Gasteiger partial charge in [-0.15, -0.1) is 0 Å². The third-order valence-electron chi connectivity index (χ3n) is 2.37. The molecule has 2 heteroatoms. The highest BCUT2D eigenvalue weighted by Gasteiger charge is 1.91. The van der Waals surface area contributed by atoms with Crippen LogP contribution in [0.15, 0.2) is 65.8 Å². The molecule has 2 nitrogen and oxygen atoms in total. The van der Waals surface area contributed by atoms with E-state index >= 15 is 0 Å². The number of hydrogen-bond donors (Lipinski definition) is 0. The van der Waals surface area contributed by atoms with Crippen molar-refractivity contribution in [3.05, 3.63) is 60.7 Å². The molecule has 17 heavy (non-hydrogen) atoms. The van der Waals surface area contributed by atoms with Crippen LogP contribution in [0.4, 0.5) is 0 Å². The van der Waals surface area contributed by atoms with E-state index in [4.69, 9.17) is 0 Å². The van der Waals surface area contributed by atoms with Crippen LogP contribution in [0.25, 0.3) is 11.1 Å². The van der Waals surface area contributed by atoms with Crippen molar-refractivity contribution in [2.45, 2.75) is 6.42 Å². The van der Waals surface area contributed by atoms with Crippen molar-refractivity contribution in [2.75, 3.05) is 6.61 Å². The second-order valence-electron chi connectivity index (χ2n) is 3.64. The summed E-state index contributed by atoms with van der Waals surface area (Å²) in [4.78, 5) is 4.51. The molecule has 0 bridgehead atoms. The molecule has 1 heterocycles. The van der Waals surface area contributed by atoms with Crippen LogP contribution in [0.3, 0.4) is 0 Å². The van der Waals surface area contributed by atoms with Gasteiger partial charge in [0, 0.05) is 12.6 Å². The van der Waals surface area contributed by atoms with Gasteiger partial charge < -0.3 is 4.84 Å². The highest BCUT2D eigenvalue weighted by molar-refractivity contribution is 5.62. The van der Waals surface area contributed by atoms with Crippen LogP contribution in [-0.2, 0) is 4.84 Å². The summed E-state index contributed by atoms with van der Waals surface area (Å²) in [5, 5.41) is 3.46. The Morgan fingerprint density at radius 2 is 1.29 bits per heavy atom. The number of nitrogens with zero attached hydrogens (tertiary/aromatic N) is 1. The van der Waals surface area contributed by atoms with Crippen LogP contribution in [0.1, 0.15) is 6.42 Å². The first-order valence-corrected chi connectivity index (χ1v) is 5.71. The lowest BCUT2D eigenvalue weighted by Gasteiger charge is -1.98. The molecule has 0 amide bonds. The normalized spacial score (nSPS) is 12.5. The van der Waals surface area contributed by atoms with E-state index in [9.17, 15) is 0 Å². The van der Waals surface area contributed by atoms with E-state index in [1.807, 2.05) is 12.1 Å². The van der Waals surface area contributed by atoms with Crippen molar-refractivity contribution in [1.29, 1.82) is 0 Å². The Morgan fingerprint density at radius 1 is 0.765 bits per heavy atom. The van der Waals surface area contributed by atoms with Gasteiger partial charge in [-0.2, -0.15) is 0 Å². The molecule has 0 saturated heterocycles. The Bertz CT molecular complexity index is 407. The minimum Gasteiger partial charge on any atom is -0.396 e. The van der Waals surface area contributed by atoms with Gasteiger partial charge in [-0.1, -0.05) is 65.8 Å². The van der Waals surface area contributed by atoms with E-state index in [0.29, 0.717) is 0 Å². The Kier molecular flexibility index (Phi) is 4.35. The van der Waals surface area contributed by atoms with Gasteiger partial charge in [0.2, 0.25) is 0 Å². The molecule has 2 aromatic rings. The number of benzene rings is 2. The summed E-state index contributed by atoms with van der Waals surface area (Å²) in [5.41, 5.74) is 2.55. The lowest BCUT2D eigenvalue weighted by molar-refractivity contribution is 0.174. The number of oxime groups is 1. The average molecular weight is 225 g/mol. The second-order valence-corrected chi connectivity index (χ2v) is 3.64. The molecule has 1 aliphatic heterocycles. The third kappa shape index (κ3) is 3.76. The zero-order chi connectivity index (χ0) is 11.8. The molecule has 0 N–H and O–H groups in total. The molecule has 0 unspecified atom stereocenters. The van der Waals surface area contributed by atoms with E-state index in [1.165, 1.54) is 11.1 Å². The molecule has 86 valence electrons. The average Bonchev–Trinajstić information content (AvgIpc) is 3.00. The highest BCUT2D eigenvalue weighted by Crippen LogP contribution is 2.17. The fraction of sp³-hybridized carbons (Fsp3) is 0.133. The van der Waals surface area contributed by atoms with E-state index in [0.717, 1.165) is 13.0 Å². The van der Waals surface area contributed by atoms with Crippen molar-refractivity contribution in [1.82, 2.24) is 0 Å². The molecular weight excluding hydrogens is 210 g/mol. The molecule has 0 atom stereocenters. The maximum Gasteiger partial charge on any atom is 0.122 e. The van der Waals surface area contributed by atoms with E-state index in [1.54, 1.807) is 6.21 Å². The molecule has 0 saturated carbocycles. The van der Waals surface area contributed by atoms with Crippen molar-refractivity contribution in [3.8, 4) is 11.1 Å². The molecule has 0 spiro atoms. The molecule has 1 aliphatic rings. The predicted molar refractivity (Wildman–Crippen MR) is 70.9 cm³/mol. The first-order chi connectivity index (χ1) is 8.47. The van der Waals surface area contributed by atoms with Gasteiger partial charge in [0.1, 0.15) is 6.61 Å². The fourth-order valence-electron chi connectivity index (χ4n) is 1.52. The second kappa shape index (κ2) is 6.48. The highest BCUT2D eigenvalue weighted by atomic mass is 16.6. The van der Waals surface area contributed by atoms with Crippen molar-refractivity contribution >= 4 is 6.21 Å². The van der Waals surface area contributed by atoms with Crippen molar-refractivity contribution in [2.24, 2.45) is 5.16 Å². The summed E-state index contributed by atoms with van der Waals surface area (Å²) in [6.07, 6.45) is 2.75. The van der Waals surface area contributed by atoms with Crippen LogP contribution in [-0.4, -0.2) is 12.8 Å². The minimum atomic E-state index is 0.778. The van der Waals surface area contributed by atoms with E-state index in [-0.39, 0.29) is 0 Å². The van der Waals surface area contributed by atoms with Crippen LogP contribution < -0.4 is 0 Å². The molecular formula is C15H15NO. The summed E-state index contributed by atoms with van der Waals surface area (Å²) in [7, 11) is 0. The quantitative estimate of drug-likeness (QED) is 0.724. The summed E-state index contributed by atoms with van der Waals surface area (Å²) in [6, 6.07) is 20.8. The Labute approximate surface area is 102 Å².